The quantitative estimate of drug-likeness (QED) is 0.643. The van der Waals surface area contributed by atoms with Gasteiger partial charge in [0.1, 0.15) is 0 Å². The van der Waals surface area contributed by atoms with E-state index in [4.69, 9.17) is 0 Å². The zero-order valence-corrected chi connectivity index (χ0v) is 15.4. The van der Waals surface area contributed by atoms with E-state index in [0.29, 0.717) is 24.0 Å². The second-order valence-corrected chi connectivity index (χ2v) is 7.33. The van der Waals surface area contributed by atoms with Gasteiger partial charge in [-0.3, -0.25) is 19.0 Å². The Labute approximate surface area is 157 Å². The van der Waals surface area contributed by atoms with E-state index >= 15 is 0 Å². The number of nitrogens with zero attached hydrogens (tertiary/aromatic N) is 1. The molecule has 1 atom stereocenters. The summed E-state index contributed by atoms with van der Waals surface area (Å²) in [6, 6.07) is 13.0. The van der Waals surface area contributed by atoms with Gasteiger partial charge < -0.3 is 10.3 Å². The van der Waals surface area contributed by atoms with Crippen LogP contribution in [0.5, 0.6) is 0 Å². The van der Waals surface area contributed by atoms with E-state index in [0.717, 1.165) is 15.6 Å². The molecule has 1 unspecified atom stereocenters. The third kappa shape index (κ3) is 2.99. The molecule has 1 aromatic heterocycles. The van der Waals surface area contributed by atoms with Gasteiger partial charge in [-0.1, -0.05) is 46.3 Å². The van der Waals surface area contributed by atoms with Crippen molar-refractivity contribution in [3.05, 3.63) is 78.8 Å². The molecule has 0 bridgehead atoms. The lowest BCUT2D eigenvalue weighted by Crippen LogP contribution is -2.38. The highest BCUT2D eigenvalue weighted by Crippen LogP contribution is 2.33. The van der Waals surface area contributed by atoms with Crippen molar-refractivity contribution in [3.63, 3.8) is 0 Å². The summed E-state index contributed by atoms with van der Waals surface area (Å²) in [6.07, 6.45) is 0.693. The van der Waals surface area contributed by atoms with E-state index in [-0.39, 0.29) is 18.4 Å². The number of nitrogens with one attached hydrogen (secondary N) is 2. The summed E-state index contributed by atoms with van der Waals surface area (Å²) >= 11 is 3.42. The molecule has 0 fully saturated rings. The first-order chi connectivity index (χ1) is 12.5. The van der Waals surface area contributed by atoms with Crippen molar-refractivity contribution in [2.75, 3.05) is 0 Å². The van der Waals surface area contributed by atoms with Crippen LogP contribution in [0.4, 0.5) is 0 Å². The molecule has 6 nitrogen and oxygen atoms in total. The molecule has 1 amide bonds. The normalized spacial score (nSPS) is 15.3. The summed E-state index contributed by atoms with van der Waals surface area (Å²) in [4.78, 5) is 39.4. The van der Waals surface area contributed by atoms with Gasteiger partial charge in [0.25, 0.3) is 0 Å². The Morgan fingerprint density at radius 2 is 2.00 bits per heavy atom. The summed E-state index contributed by atoms with van der Waals surface area (Å²) in [5.41, 5.74) is 1.99. The van der Waals surface area contributed by atoms with Crippen LogP contribution in [0.1, 0.15) is 23.6 Å². The average Bonchev–Trinajstić information content (AvgIpc) is 2.97. The lowest BCUT2D eigenvalue weighted by atomic mass is 10.1. The van der Waals surface area contributed by atoms with Crippen molar-refractivity contribution in [1.82, 2.24) is 14.9 Å². The van der Waals surface area contributed by atoms with Crippen LogP contribution in [0.2, 0.25) is 0 Å². The third-order valence-corrected chi connectivity index (χ3v) is 5.09. The second kappa shape index (κ2) is 6.57. The molecule has 0 saturated heterocycles. The number of rotatable bonds is 4. The van der Waals surface area contributed by atoms with Crippen LogP contribution >= 0.6 is 15.9 Å². The number of hydrogen-bond acceptors (Lipinski definition) is 3. The summed E-state index contributed by atoms with van der Waals surface area (Å²) in [7, 11) is 0. The Hall–Kier alpha value is -2.67. The molecule has 2 heterocycles. The molecule has 4 rings (SSSR count). The van der Waals surface area contributed by atoms with Crippen LogP contribution in [0.3, 0.4) is 0 Å². The Kier molecular flexibility index (Phi) is 4.24. The number of halogens is 1. The fourth-order valence-electron chi connectivity index (χ4n) is 3.52. The maximum absolute atomic E-state index is 12.4. The lowest BCUT2D eigenvalue weighted by molar-refractivity contribution is -0.122. The molecule has 26 heavy (non-hydrogen) atoms. The standard InChI is InChI=1S/C19H16BrN3O3/c20-13-6-12-7-14(9-16(24)21-10-11-4-2-1-3-5-11)23-17(12)15(8-13)22-18(25)19(23)26/h1-6,8,14H,7,9-10H2,(H,21,24)(H,22,25). The molecule has 2 N–H and O–H groups in total. The highest BCUT2D eigenvalue weighted by Gasteiger charge is 2.28. The maximum atomic E-state index is 12.4. The fraction of sp³-hybridized carbons (Fsp3) is 0.211. The number of amides is 1. The van der Waals surface area contributed by atoms with Crippen molar-refractivity contribution in [1.29, 1.82) is 0 Å². The predicted molar refractivity (Wildman–Crippen MR) is 102 cm³/mol. The van der Waals surface area contributed by atoms with Gasteiger partial charge >= 0.3 is 11.1 Å². The van der Waals surface area contributed by atoms with Gasteiger partial charge in [0, 0.05) is 17.4 Å². The highest BCUT2D eigenvalue weighted by atomic mass is 79.9. The molecule has 0 spiro atoms. The maximum Gasteiger partial charge on any atom is 0.317 e. The summed E-state index contributed by atoms with van der Waals surface area (Å²) in [6.45, 7) is 0.435. The van der Waals surface area contributed by atoms with Crippen LogP contribution in [-0.4, -0.2) is 15.5 Å². The molecule has 0 saturated carbocycles. The lowest BCUT2D eigenvalue weighted by Gasteiger charge is -2.14. The topological polar surface area (TPSA) is 84.0 Å². The number of aromatic amines is 1. The van der Waals surface area contributed by atoms with Crippen molar-refractivity contribution >= 4 is 32.9 Å². The molecule has 3 aromatic rings. The monoisotopic (exact) mass is 413 g/mol. The van der Waals surface area contributed by atoms with Gasteiger partial charge in [0.2, 0.25) is 5.91 Å². The van der Waals surface area contributed by atoms with Gasteiger partial charge in [-0.15, -0.1) is 0 Å². The summed E-state index contributed by atoms with van der Waals surface area (Å²) < 4.78 is 2.30. The molecule has 0 radical (unpaired) electrons. The van der Waals surface area contributed by atoms with Gasteiger partial charge in [-0.2, -0.15) is 0 Å². The molecule has 132 valence electrons. The van der Waals surface area contributed by atoms with Gasteiger partial charge in [0.15, 0.2) is 0 Å². The number of carbonyl (C=O) groups is 1. The molecule has 7 heteroatoms. The molecule has 0 aliphatic carbocycles. The summed E-state index contributed by atoms with van der Waals surface area (Å²) in [5.74, 6) is -0.147. The van der Waals surface area contributed by atoms with E-state index in [2.05, 4.69) is 26.2 Å². The van der Waals surface area contributed by atoms with Crippen LogP contribution in [0.25, 0.3) is 11.0 Å². The van der Waals surface area contributed by atoms with Crippen molar-refractivity contribution in [3.8, 4) is 0 Å². The number of hydrogen-bond donors (Lipinski definition) is 2. The highest BCUT2D eigenvalue weighted by molar-refractivity contribution is 9.10. The first kappa shape index (κ1) is 16.8. The Bertz CT molecular complexity index is 1120. The minimum absolute atomic E-state index is 0.147. The minimum Gasteiger partial charge on any atom is -0.352 e. The van der Waals surface area contributed by atoms with Crippen molar-refractivity contribution in [2.24, 2.45) is 0 Å². The molecule has 1 aliphatic heterocycles. The SMILES string of the molecule is O=C(CC1Cc2cc(Br)cc3[nH]c(=O)c(=O)n1c23)NCc1ccccc1. The Morgan fingerprint density at radius 3 is 2.77 bits per heavy atom. The van der Waals surface area contributed by atoms with Crippen molar-refractivity contribution in [2.45, 2.75) is 25.4 Å². The van der Waals surface area contributed by atoms with E-state index in [1.807, 2.05) is 36.4 Å². The zero-order valence-electron chi connectivity index (χ0n) is 13.8. The number of H-pyrrole nitrogens is 1. The largest absolute Gasteiger partial charge is 0.352 e. The number of benzene rings is 2. The number of carbonyl (C=O) groups excluding carboxylic acids is 1. The second-order valence-electron chi connectivity index (χ2n) is 6.41. The van der Waals surface area contributed by atoms with Crippen LogP contribution in [0, 0.1) is 0 Å². The van der Waals surface area contributed by atoms with E-state index in [9.17, 15) is 14.4 Å². The van der Waals surface area contributed by atoms with Gasteiger partial charge in [-0.05, 0) is 29.7 Å². The van der Waals surface area contributed by atoms with Crippen LogP contribution in [-0.2, 0) is 17.8 Å². The van der Waals surface area contributed by atoms with Crippen LogP contribution < -0.4 is 16.4 Å². The zero-order chi connectivity index (χ0) is 18.3. The molecule has 1 aliphatic rings. The summed E-state index contributed by atoms with van der Waals surface area (Å²) in [5, 5.41) is 2.88. The molecule has 2 aromatic carbocycles. The van der Waals surface area contributed by atoms with E-state index < -0.39 is 11.1 Å². The fourth-order valence-corrected chi connectivity index (χ4v) is 4.02. The Morgan fingerprint density at radius 1 is 1.23 bits per heavy atom. The smallest absolute Gasteiger partial charge is 0.317 e. The van der Waals surface area contributed by atoms with Crippen LogP contribution in [0.15, 0.2) is 56.5 Å². The van der Waals surface area contributed by atoms with Crippen molar-refractivity contribution < 1.29 is 4.79 Å². The Balaban J connectivity index is 1.60. The van der Waals surface area contributed by atoms with E-state index in [1.54, 1.807) is 6.07 Å². The molecular weight excluding hydrogens is 398 g/mol. The predicted octanol–water partition coefficient (Wildman–Crippen LogP) is 2.26. The van der Waals surface area contributed by atoms with E-state index in [1.165, 1.54) is 4.57 Å². The number of aromatic nitrogens is 2. The van der Waals surface area contributed by atoms with Gasteiger partial charge in [0.05, 0.1) is 17.1 Å². The third-order valence-electron chi connectivity index (χ3n) is 4.63. The first-order valence-corrected chi connectivity index (χ1v) is 9.10. The minimum atomic E-state index is -0.668. The molecular formula is C19H16BrN3O3. The van der Waals surface area contributed by atoms with Gasteiger partial charge in [-0.25, -0.2) is 0 Å². The average molecular weight is 414 g/mol. The first-order valence-electron chi connectivity index (χ1n) is 8.30.